The van der Waals surface area contributed by atoms with E-state index in [1.807, 2.05) is 37.3 Å². The van der Waals surface area contributed by atoms with E-state index in [4.69, 9.17) is 5.73 Å². The van der Waals surface area contributed by atoms with E-state index in [0.29, 0.717) is 13.1 Å². The molecule has 116 valence electrons. The lowest BCUT2D eigenvalue weighted by Crippen LogP contribution is -2.59. The van der Waals surface area contributed by atoms with Crippen molar-refractivity contribution in [2.24, 2.45) is 5.73 Å². The summed E-state index contributed by atoms with van der Waals surface area (Å²) in [4.78, 5) is 14.7. The summed E-state index contributed by atoms with van der Waals surface area (Å²) in [6.07, 6.45) is 4.98. The molecule has 0 bridgehead atoms. The van der Waals surface area contributed by atoms with Gasteiger partial charge in [-0.25, -0.2) is 0 Å². The lowest BCUT2D eigenvalue weighted by molar-refractivity contribution is -0.125. The Hall–Kier alpha value is -1.39. The van der Waals surface area contributed by atoms with Crippen LogP contribution in [-0.2, 0) is 10.3 Å². The van der Waals surface area contributed by atoms with Crippen LogP contribution in [-0.4, -0.2) is 37.0 Å². The minimum absolute atomic E-state index is 0.292. The minimum Gasteiger partial charge on any atom is -0.368 e. The summed E-state index contributed by atoms with van der Waals surface area (Å²) in [6.45, 7) is 5.48. The number of benzene rings is 1. The predicted molar refractivity (Wildman–Crippen MR) is 85.9 cm³/mol. The van der Waals surface area contributed by atoms with Crippen LogP contribution >= 0.6 is 0 Å². The number of amides is 1. The quantitative estimate of drug-likeness (QED) is 0.840. The average Bonchev–Trinajstić information content (AvgIpc) is 2.76. The molecule has 3 N–H and O–H groups in total. The van der Waals surface area contributed by atoms with Crippen LogP contribution in [0.5, 0.6) is 0 Å². The van der Waals surface area contributed by atoms with Gasteiger partial charge in [-0.3, -0.25) is 10.1 Å². The first-order valence-corrected chi connectivity index (χ1v) is 8.02. The molecular formula is C17H27N3O. The first kappa shape index (κ1) is 16.0. The predicted octanol–water partition coefficient (Wildman–Crippen LogP) is 1.85. The largest absolute Gasteiger partial charge is 0.368 e. The molecule has 1 amide bonds. The third-order valence-corrected chi connectivity index (χ3v) is 4.33. The van der Waals surface area contributed by atoms with Crippen molar-refractivity contribution in [2.75, 3.05) is 26.2 Å². The molecule has 0 spiro atoms. The van der Waals surface area contributed by atoms with Crippen molar-refractivity contribution >= 4 is 5.91 Å². The molecule has 1 fully saturated rings. The monoisotopic (exact) mass is 289 g/mol. The number of nitrogens with one attached hydrogen (secondary N) is 1. The van der Waals surface area contributed by atoms with E-state index in [9.17, 15) is 4.79 Å². The molecule has 1 atom stereocenters. The van der Waals surface area contributed by atoms with Crippen molar-refractivity contribution in [3.8, 4) is 0 Å². The van der Waals surface area contributed by atoms with E-state index >= 15 is 0 Å². The molecule has 21 heavy (non-hydrogen) atoms. The van der Waals surface area contributed by atoms with Crippen LogP contribution in [0, 0.1) is 0 Å². The molecule has 1 aliphatic heterocycles. The van der Waals surface area contributed by atoms with E-state index in [2.05, 4.69) is 10.2 Å². The molecule has 1 aromatic rings. The minimum atomic E-state index is -0.791. The summed E-state index contributed by atoms with van der Waals surface area (Å²) in [5, 5.41) is 3.36. The van der Waals surface area contributed by atoms with Gasteiger partial charge in [-0.2, -0.15) is 0 Å². The second-order valence-corrected chi connectivity index (χ2v) is 5.86. The van der Waals surface area contributed by atoms with Gasteiger partial charge in [0.1, 0.15) is 5.54 Å². The van der Waals surface area contributed by atoms with E-state index in [-0.39, 0.29) is 5.91 Å². The van der Waals surface area contributed by atoms with Crippen molar-refractivity contribution in [2.45, 2.75) is 38.1 Å². The Kier molecular flexibility index (Phi) is 5.76. The van der Waals surface area contributed by atoms with Gasteiger partial charge in [0, 0.05) is 6.54 Å². The fourth-order valence-corrected chi connectivity index (χ4v) is 3.21. The highest BCUT2D eigenvalue weighted by molar-refractivity contribution is 5.86. The van der Waals surface area contributed by atoms with Crippen LogP contribution < -0.4 is 11.1 Å². The van der Waals surface area contributed by atoms with Gasteiger partial charge in [0.25, 0.3) is 0 Å². The van der Waals surface area contributed by atoms with Gasteiger partial charge in [0.05, 0.1) is 0 Å². The Bertz CT molecular complexity index is 441. The Morgan fingerprint density at radius 2 is 1.81 bits per heavy atom. The zero-order chi connectivity index (χ0) is 15.1. The highest BCUT2D eigenvalue weighted by Crippen LogP contribution is 2.24. The molecule has 4 nitrogen and oxygen atoms in total. The van der Waals surface area contributed by atoms with Gasteiger partial charge >= 0.3 is 0 Å². The average molecular weight is 289 g/mol. The number of likely N-dealkylation sites (tertiary alicyclic amines) is 1. The lowest BCUT2D eigenvalue weighted by Gasteiger charge is -2.36. The number of nitrogens with zero attached hydrogens (tertiary/aromatic N) is 1. The fraction of sp³-hybridized carbons (Fsp3) is 0.588. The third-order valence-electron chi connectivity index (χ3n) is 4.33. The maximum Gasteiger partial charge on any atom is 0.243 e. The van der Waals surface area contributed by atoms with Crippen molar-refractivity contribution in [3.05, 3.63) is 35.9 Å². The molecule has 0 aromatic heterocycles. The maximum absolute atomic E-state index is 12.3. The molecule has 0 aliphatic carbocycles. The highest BCUT2D eigenvalue weighted by Gasteiger charge is 2.39. The number of likely N-dealkylation sites (N-methyl/N-ethyl adjacent to an activating group) is 1. The highest BCUT2D eigenvalue weighted by atomic mass is 16.1. The van der Waals surface area contributed by atoms with Crippen LogP contribution in [0.1, 0.15) is 38.2 Å². The second kappa shape index (κ2) is 7.57. The summed E-state index contributed by atoms with van der Waals surface area (Å²) < 4.78 is 0. The molecule has 1 unspecified atom stereocenters. The zero-order valence-electron chi connectivity index (χ0n) is 13.0. The van der Waals surface area contributed by atoms with Crippen molar-refractivity contribution in [1.82, 2.24) is 10.2 Å². The summed E-state index contributed by atoms with van der Waals surface area (Å²) in [5.41, 5.74) is 5.99. The number of nitrogens with two attached hydrogens (primary N) is 1. The summed E-state index contributed by atoms with van der Waals surface area (Å²) in [5.74, 6) is -0.292. The van der Waals surface area contributed by atoms with Crippen LogP contribution in [0.2, 0.25) is 0 Å². The number of primary amides is 1. The SMILES string of the molecule is CCNC(CN1CCCCCC1)(C(N)=O)c1ccccc1. The van der Waals surface area contributed by atoms with Gasteiger partial charge in [-0.05, 0) is 38.0 Å². The molecule has 1 aromatic carbocycles. The van der Waals surface area contributed by atoms with Gasteiger partial charge in [0.2, 0.25) is 5.91 Å². The van der Waals surface area contributed by atoms with E-state index in [1.54, 1.807) is 0 Å². The molecule has 1 saturated heterocycles. The Morgan fingerprint density at radius 1 is 1.19 bits per heavy atom. The zero-order valence-corrected chi connectivity index (χ0v) is 13.0. The number of carbonyl (C=O) groups is 1. The number of hydrogen-bond acceptors (Lipinski definition) is 3. The summed E-state index contributed by atoms with van der Waals surface area (Å²) in [7, 11) is 0. The van der Waals surface area contributed by atoms with Crippen molar-refractivity contribution in [3.63, 3.8) is 0 Å². The van der Waals surface area contributed by atoms with Crippen LogP contribution in [0.4, 0.5) is 0 Å². The number of rotatable bonds is 6. The maximum atomic E-state index is 12.3. The molecule has 0 saturated carbocycles. The second-order valence-electron chi connectivity index (χ2n) is 5.86. The topological polar surface area (TPSA) is 58.4 Å². The summed E-state index contributed by atoms with van der Waals surface area (Å²) in [6, 6.07) is 9.88. The standard InChI is InChI=1S/C17H27N3O/c1-2-19-17(16(18)21,15-10-6-5-7-11-15)14-20-12-8-3-4-9-13-20/h5-7,10-11,19H,2-4,8-9,12-14H2,1H3,(H2,18,21). The smallest absolute Gasteiger partial charge is 0.243 e. The van der Waals surface area contributed by atoms with Crippen molar-refractivity contribution < 1.29 is 4.79 Å². The van der Waals surface area contributed by atoms with Gasteiger partial charge < -0.3 is 10.6 Å². The first-order valence-electron chi connectivity index (χ1n) is 8.02. The normalized spacial score (nSPS) is 19.7. The van der Waals surface area contributed by atoms with Crippen LogP contribution in [0.3, 0.4) is 0 Å². The first-order chi connectivity index (χ1) is 10.2. The molecule has 4 heteroatoms. The van der Waals surface area contributed by atoms with Gasteiger partial charge in [-0.15, -0.1) is 0 Å². The van der Waals surface area contributed by atoms with Crippen LogP contribution in [0.15, 0.2) is 30.3 Å². The Balaban J connectivity index is 2.28. The number of hydrogen-bond donors (Lipinski definition) is 2. The molecule has 0 radical (unpaired) electrons. The molecule has 1 heterocycles. The van der Waals surface area contributed by atoms with Gasteiger partial charge in [-0.1, -0.05) is 50.1 Å². The molecule has 1 aliphatic rings. The van der Waals surface area contributed by atoms with Gasteiger partial charge in [0.15, 0.2) is 0 Å². The lowest BCUT2D eigenvalue weighted by atomic mass is 9.88. The van der Waals surface area contributed by atoms with E-state index < -0.39 is 5.54 Å². The van der Waals surface area contributed by atoms with E-state index in [1.165, 1.54) is 25.7 Å². The van der Waals surface area contributed by atoms with Crippen LogP contribution in [0.25, 0.3) is 0 Å². The third kappa shape index (κ3) is 3.83. The van der Waals surface area contributed by atoms with E-state index in [0.717, 1.165) is 18.7 Å². The number of carbonyl (C=O) groups excluding carboxylic acids is 1. The van der Waals surface area contributed by atoms with Crippen molar-refractivity contribution in [1.29, 1.82) is 0 Å². The Morgan fingerprint density at radius 3 is 2.33 bits per heavy atom. The summed E-state index contributed by atoms with van der Waals surface area (Å²) >= 11 is 0. The molecular weight excluding hydrogens is 262 g/mol. The Labute approximate surface area is 127 Å². The fourth-order valence-electron chi connectivity index (χ4n) is 3.21. The molecule has 2 rings (SSSR count).